The van der Waals surface area contributed by atoms with E-state index >= 15 is 0 Å². The lowest BCUT2D eigenvalue weighted by atomic mass is 10.1. The van der Waals surface area contributed by atoms with Crippen molar-refractivity contribution in [2.75, 3.05) is 12.3 Å². The van der Waals surface area contributed by atoms with Gasteiger partial charge in [0, 0.05) is 22.7 Å². The molecule has 0 heterocycles. The van der Waals surface area contributed by atoms with E-state index in [2.05, 4.69) is 46.8 Å². The highest BCUT2D eigenvalue weighted by Gasteiger charge is 2.28. The lowest BCUT2D eigenvalue weighted by Gasteiger charge is -2.23. The van der Waals surface area contributed by atoms with Crippen LogP contribution in [0.15, 0.2) is 22.7 Å². The maximum absolute atomic E-state index is 5.90. The number of nitrogens with two attached hydrogens (primary N) is 1. The minimum Gasteiger partial charge on any atom is -0.399 e. The van der Waals surface area contributed by atoms with Crippen LogP contribution < -0.4 is 5.73 Å². The summed E-state index contributed by atoms with van der Waals surface area (Å²) in [7, 11) is 0. The van der Waals surface area contributed by atoms with Gasteiger partial charge in [0.05, 0.1) is 0 Å². The van der Waals surface area contributed by atoms with Crippen molar-refractivity contribution in [2.24, 2.45) is 5.92 Å². The molecule has 0 amide bonds. The smallest absolute Gasteiger partial charge is 0.0328 e. The molecule has 1 fully saturated rings. The molecule has 100 valence electrons. The Morgan fingerprint density at radius 2 is 2.06 bits per heavy atom. The predicted molar refractivity (Wildman–Crippen MR) is 81.4 cm³/mol. The van der Waals surface area contributed by atoms with Crippen LogP contribution in [0.25, 0.3) is 0 Å². The minimum atomic E-state index is 0.777. The molecule has 0 spiro atoms. The van der Waals surface area contributed by atoms with Gasteiger partial charge >= 0.3 is 0 Å². The molecule has 0 unspecified atom stereocenters. The van der Waals surface area contributed by atoms with E-state index in [4.69, 9.17) is 5.73 Å². The summed E-state index contributed by atoms with van der Waals surface area (Å²) in [6, 6.07) is 7.04. The Hall–Kier alpha value is -0.540. The second-order valence-electron chi connectivity index (χ2n) is 5.78. The Morgan fingerprint density at radius 3 is 2.61 bits per heavy atom. The summed E-state index contributed by atoms with van der Waals surface area (Å²) < 4.78 is 1.08. The second-order valence-corrected chi connectivity index (χ2v) is 6.69. The zero-order valence-corrected chi connectivity index (χ0v) is 12.9. The first-order chi connectivity index (χ1) is 8.54. The maximum Gasteiger partial charge on any atom is 0.0328 e. The predicted octanol–water partition coefficient (Wildman–Crippen LogP) is 4.04. The average molecular weight is 311 g/mol. The third kappa shape index (κ3) is 4.29. The highest BCUT2D eigenvalue weighted by atomic mass is 79.9. The fourth-order valence-corrected chi connectivity index (χ4v) is 2.81. The first-order valence-electron chi connectivity index (χ1n) is 6.83. The number of nitrogen functional groups attached to an aromatic ring is 1. The topological polar surface area (TPSA) is 29.3 Å². The highest BCUT2D eigenvalue weighted by molar-refractivity contribution is 9.10. The minimum absolute atomic E-state index is 0.777. The van der Waals surface area contributed by atoms with Crippen molar-refractivity contribution >= 4 is 21.6 Å². The summed E-state index contributed by atoms with van der Waals surface area (Å²) in [6.45, 7) is 6.82. The van der Waals surface area contributed by atoms with E-state index in [9.17, 15) is 0 Å². The fraction of sp³-hybridized carbons (Fsp3) is 0.600. The van der Waals surface area contributed by atoms with Gasteiger partial charge in [-0.3, -0.25) is 4.90 Å². The van der Waals surface area contributed by atoms with E-state index in [-0.39, 0.29) is 0 Å². The zero-order valence-electron chi connectivity index (χ0n) is 11.3. The molecule has 18 heavy (non-hydrogen) atoms. The Bertz CT molecular complexity index is 379. The van der Waals surface area contributed by atoms with Crippen molar-refractivity contribution < 1.29 is 0 Å². The Labute approximate surface area is 119 Å². The molecule has 2 nitrogen and oxygen atoms in total. The van der Waals surface area contributed by atoms with Gasteiger partial charge in [-0.05, 0) is 55.5 Å². The molecule has 0 atom stereocenters. The van der Waals surface area contributed by atoms with Crippen LogP contribution in [0.3, 0.4) is 0 Å². The van der Waals surface area contributed by atoms with Crippen molar-refractivity contribution in [3.8, 4) is 0 Å². The number of anilines is 1. The number of benzene rings is 1. The van der Waals surface area contributed by atoms with Gasteiger partial charge in [-0.25, -0.2) is 0 Å². The van der Waals surface area contributed by atoms with E-state index < -0.39 is 0 Å². The molecule has 1 aromatic rings. The molecule has 1 aliphatic rings. The van der Waals surface area contributed by atoms with Crippen LogP contribution in [0.1, 0.15) is 38.7 Å². The highest BCUT2D eigenvalue weighted by Crippen LogP contribution is 2.29. The fourth-order valence-electron chi connectivity index (χ4n) is 2.26. The van der Waals surface area contributed by atoms with E-state index in [1.54, 1.807) is 0 Å². The molecule has 0 aromatic heterocycles. The number of halogens is 1. The van der Waals surface area contributed by atoms with E-state index in [1.165, 1.54) is 31.4 Å². The van der Waals surface area contributed by atoms with Crippen LogP contribution in [0.4, 0.5) is 5.69 Å². The van der Waals surface area contributed by atoms with Crippen LogP contribution in [-0.2, 0) is 6.54 Å². The van der Waals surface area contributed by atoms with Crippen LogP contribution in [0.2, 0.25) is 0 Å². The van der Waals surface area contributed by atoms with E-state index in [0.717, 1.165) is 28.7 Å². The molecule has 3 heteroatoms. The zero-order chi connectivity index (χ0) is 13.1. The molecule has 0 bridgehead atoms. The van der Waals surface area contributed by atoms with Crippen molar-refractivity contribution in [1.29, 1.82) is 0 Å². The van der Waals surface area contributed by atoms with Crippen LogP contribution >= 0.6 is 15.9 Å². The van der Waals surface area contributed by atoms with Gasteiger partial charge in [0.2, 0.25) is 0 Å². The van der Waals surface area contributed by atoms with Gasteiger partial charge in [0.15, 0.2) is 0 Å². The summed E-state index contributed by atoms with van der Waals surface area (Å²) in [6.07, 6.45) is 4.00. The summed E-state index contributed by atoms with van der Waals surface area (Å²) in [4.78, 5) is 2.61. The van der Waals surface area contributed by atoms with Crippen molar-refractivity contribution in [3.63, 3.8) is 0 Å². The molecular weight excluding hydrogens is 288 g/mol. The van der Waals surface area contributed by atoms with Crippen LogP contribution in [0.5, 0.6) is 0 Å². The molecule has 1 aliphatic carbocycles. The average Bonchev–Trinajstić information content (AvgIpc) is 3.06. The quantitative estimate of drug-likeness (QED) is 0.803. The molecule has 0 aliphatic heterocycles. The Kier molecular flexibility index (Phi) is 4.68. The summed E-state index contributed by atoms with van der Waals surface area (Å²) in [5.41, 5.74) is 8.06. The third-order valence-corrected chi connectivity index (χ3v) is 3.88. The van der Waals surface area contributed by atoms with Gasteiger partial charge in [0.25, 0.3) is 0 Å². The summed E-state index contributed by atoms with van der Waals surface area (Å²) >= 11 is 3.52. The molecule has 2 rings (SSSR count). The van der Waals surface area contributed by atoms with Crippen LogP contribution in [-0.4, -0.2) is 17.5 Å². The van der Waals surface area contributed by atoms with Gasteiger partial charge < -0.3 is 5.73 Å². The number of hydrogen-bond acceptors (Lipinski definition) is 2. The normalized spacial score (nSPS) is 15.6. The maximum atomic E-state index is 5.90. The van der Waals surface area contributed by atoms with Crippen molar-refractivity contribution in [1.82, 2.24) is 4.90 Å². The largest absolute Gasteiger partial charge is 0.399 e. The monoisotopic (exact) mass is 310 g/mol. The van der Waals surface area contributed by atoms with Crippen LogP contribution in [0, 0.1) is 5.92 Å². The van der Waals surface area contributed by atoms with Crippen molar-refractivity contribution in [2.45, 2.75) is 45.7 Å². The molecule has 0 radical (unpaired) electrons. The molecule has 2 N–H and O–H groups in total. The van der Waals surface area contributed by atoms with Crippen molar-refractivity contribution in [3.05, 3.63) is 28.2 Å². The lowest BCUT2D eigenvalue weighted by molar-refractivity contribution is 0.239. The van der Waals surface area contributed by atoms with Gasteiger partial charge in [-0.15, -0.1) is 0 Å². The summed E-state index contributed by atoms with van der Waals surface area (Å²) in [5, 5.41) is 0. The standard InChI is InChI=1S/C15H23BrN2/c1-11(2)5-6-18(15-3-4-15)10-12-7-13(16)9-14(17)8-12/h7-9,11,15H,3-6,10,17H2,1-2H3. The first-order valence-corrected chi connectivity index (χ1v) is 7.63. The van der Waals surface area contributed by atoms with E-state index in [0.29, 0.717) is 0 Å². The molecule has 0 saturated heterocycles. The molecular formula is C15H23BrN2. The first kappa shape index (κ1) is 13.9. The lowest BCUT2D eigenvalue weighted by Crippen LogP contribution is -2.27. The van der Waals surface area contributed by atoms with Gasteiger partial charge in [0.1, 0.15) is 0 Å². The molecule has 1 aromatic carbocycles. The van der Waals surface area contributed by atoms with E-state index in [1.807, 2.05) is 6.07 Å². The van der Waals surface area contributed by atoms with Gasteiger partial charge in [-0.2, -0.15) is 0 Å². The number of rotatable bonds is 6. The second kappa shape index (κ2) is 6.07. The van der Waals surface area contributed by atoms with Gasteiger partial charge in [-0.1, -0.05) is 29.8 Å². The SMILES string of the molecule is CC(C)CCN(Cc1cc(N)cc(Br)c1)C1CC1. The number of hydrogen-bond donors (Lipinski definition) is 1. The Balaban J connectivity index is 1.99. The molecule has 1 saturated carbocycles. The Morgan fingerprint density at radius 1 is 1.33 bits per heavy atom. The number of nitrogens with zero attached hydrogens (tertiary/aromatic N) is 1. The third-order valence-electron chi connectivity index (χ3n) is 3.42. The summed E-state index contributed by atoms with van der Waals surface area (Å²) in [5.74, 6) is 0.777.